The van der Waals surface area contributed by atoms with Crippen LogP contribution in [0, 0.1) is 0 Å². The number of alkyl halides is 6. The van der Waals surface area contributed by atoms with Gasteiger partial charge in [-0.3, -0.25) is 9.59 Å². The van der Waals surface area contributed by atoms with Gasteiger partial charge in [-0.25, -0.2) is 4.98 Å². The Morgan fingerprint density at radius 1 is 0.719 bits per heavy atom. The molecule has 0 radical (unpaired) electrons. The highest BCUT2D eigenvalue weighted by molar-refractivity contribution is 6.11. The number of anilines is 1. The standard InChI is InChI=1S/C45H40F6N4O2/c1-2-13-39-54-40-37(53-41(56)34-17-5-4-14-31(34)29-22-24-30(25-23-29)45(49,50)51)20-12-21-38(40)55(39)27-11-3-10-26-43(42(57)52-28-44(46,47)48)35-18-8-6-15-32(35)33-16-7-9-19-36(33)43/h4-9,12,14-25H,2-3,10-11,13,26-28H2,1H3,(H,52,57)(H,53,56). The molecule has 1 heterocycles. The predicted octanol–water partition coefficient (Wildman–Crippen LogP) is 11.1. The van der Waals surface area contributed by atoms with Gasteiger partial charge in [0.1, 0.15) is 23.3 Å². The first kappa shape index (κ1) is 39.3. The van der Waals surface area contributed by atoms with Gasteiger partial charge in [-0.05, 0) is 83.0 Å². The largest absolute Gasteiger partial charge is 0.416 e. The molecule has 2 N–H and O–H groups in total. The summed E-state index contributed by atoms with van der Waals surface area (Å²) in [6.07, 6.45) is -5.27. The molecule has 7 rings (SSSR count). The van der Waals surface area contributed by atoms with Crippen molar-refractivity contribution in [3.63, 3.8) is 0 Å². The molecule has 0 aliphatic heterocycles. The van der Waals surface area contributed by atoms with Gasteiger partial charge in [0.15, 0.2) is 0 Å². The average molecular weight is 783 g/mol. The van der Waals surface area contributed by atoms with Gasteiger partial charge in [-0.2, -0.15) is 26.3 Å². The summed E-state index contributed by atoms with van der Waals surface area (Å²) in [4.78, 5) is 32.6. The Morgan fingerprint density at radius 2 is 1.35 bits per heavy atom. The number of rotatable bonds is 13. The van der Waals surface area contributed by atoms with Crippen LogP contribution in [-0.2, 0) is 29.4 Å². The third kappa shape index (κ3) is 7.90. The number of carbonyl (C=O) groups excluding carboxylic acids is 2. The highest BCUT2D eigenvalue weighted by atomic mass is 19.4. The third-order valence-corrected chi connectivity index (χ3v) is 10.6. The monoisotopic (exact) mass is 782 g/mol. The zero-order valence-electron chi connectivity index (χ0n) is 31.1. The highest BCUT2D eigenvalue weighted by Gasteiger charge is 2.49. The summed E-state index contributed by atoms with van der Waals surface area (Å²) >= 11 is 0. The number of para-hydroxylation sites is 1. The highest BCUT2D eigenvalue weighted by Crippen LogP contribution is 2.51. The Balaban J connectivity index is 1.10. The second kappa shape index (κ2) is 15.9. The fourth-order valence-electron chi connectivity index (χ4n) is 8.04. The van der Waals surface area contributed by atoms with Crippen molar-refractivity contribution in [2.24, 2.45) is 0 Å². The van der Waals surface area contributed by atoms with E-state index in [0.29, 0.717) is 77.7 Å². The van der Waals surface area contributed by atoms with Gasteiger partial charge in [-0.1, -0.05) is 105 Å². The number of halogens is 6. The molecule has 6 aromatic rings. The number of hydrogen-bond donors (Lipinski definition) is 2. The molecule has 12 heteroatoms. The number of nitrogens with one attached hydrogen (secondary N) is 2. The van der Waals surface area contributed by atoms with Crippen molar-refractivity contribution >= 4 is 28.5 Å². The lowest BCUT2D eigenvalue weighted by Crippen LogP contribution is -2.47. The smallest absolute Gasteiger partial charge is 0.346 e. The van der Waals surface area contributed by atoms with Crippen molar-refractivity contribution in [3.05, 3.63) is 143 Å². The summed E-state index contributed by atoms with van der Waals surface area (Å²) in [5, 5.41) is 5.18. The number of nitrogens with zero attached hydrogens (tertiary/aromatic N) is 2. The van der Waals surface area contributed by atoms with Gasteiger partial charge >= 0.3 is 12.4 Å². The van der Waals surface area contributed by atoms with Crippen LogP contribution in [0.4, 0.5) is 32.0 Å². The first-order valence-electron chi connectivity index (χ1n) is 18.9. The topological polar surface area (TPSA) is 76.0 Å². The minimum absolute atomic E-state index is 0.292. The second-order valence-electron chi connectivity index (χ2n) is 14.3. The van der Waals surface area contributed by atoms with Crippen molar-refractivity contribution in [2.45, 2.75) is 69.8 Å². The molecule has 0 atom stereocenters. The van der Waals surface area contributed by atoms with E-state index in [2.05, 4.69) is 15.2 Å². The van der Waals surface area contributed by atoms with Gasteiger partial charge < -0.3 is 15.2 Å². The van der Waals surface area contributed by atoms with Crippen LogP contribution in [0.25, 0.3) is 33.3 Å². The molecule has 0 saturated heterocycles. The van der Waals surface area contributed by atoms with Crippen LogP contribution in [-0.4, -0.2) is 34.1 Å². The zero-order chi connectivity index (χ0) is 40.4. The van der Waals surface area contributed by atoms with Gasteiger partial charge in [0, 0.05) is 18.5 Å². The van der Waals surface area contributed by atoms with Gasteiger partial charge in [-0.15, -0.1) is 0 Å². The van der Waals surface area contributed by atoms with Crippen LogP contribution in [0.5, 0.6) is 0 Å². The molecule has 2 amide bonds. The molecule has 1 aliphatic rings. The lowest BCUT2D eigenvalue weighted by Gasteiger charge is -2.31. The number of hydrogen-bond acceptors (Lipinski definition) is 3. The summed E-state index contributed by atoms with van der Waals surface area (Å²) in [5.74, 6) is -0.270. The van der Waals surface area contributed by atoms with Crippen molar-refractivity contribution in [1.29, 1.82) is 0 Å². The molecule has 5 aromatic carbocycles. The van der Waals surface area contributed by atoms with E-state index in [0.717, 1.165) is 41.0 Å². The molecule has 1 aromatic heterocycles. The zero-order valence-corrected chi connectivity index (χ0v) is 31.1. The number of aryl methyl sites for hydroxylation is 2. The van der Waals surface area contributed by atoms with Crippen LogP contribution in [0.1, 0.15) is 71.9 Å². The maximum Gasteiger partial charge on any atom is 0.416 e. The number of imidazole rings is 1. The molecule has 6 nitrogen and oxygen atoms in total. The number of aromatic nitrogens is 2. The van der Waals surface area contributed by atoms with Crippen LogP contribution in [0.15, 0.2) is 115 Å². The molecule has 0 saturated carbocycles. The van der Waals surface area contributed by atoms with E-state index in [-0.39, 0.29) is 0 Å². The lowest BCUT2D eigenvalue weighted by molar-refractivity contribution is -0.141. The van der Waals surface area contributed by atoms with E-state index in [1.165, 1.54) is 12.1 Å². The predicted molar refractivity (Wildman–Crippen MR) is 209 cm³/mol. The van der Waals surface area contributed by atoms with Crippen LogP contribution < -0.4 is 10.6 Å². The molecular formula is C45H40F6N4O2. The Hall–Kier alpha value is -5.91. The SMILES string of the molecule is CCCc1nc2c(NC(=O)c3ccccc3-c3ccc(C(F)(F)F)cc3)cccc2n1CCCCCC1(C(=O)NCC(F)(F)F)c2ccccc2-c2ccccc21. The Bertz CT molecular complexity index is 2370. The van der Waals surface area contributed by atoms with Crippen LogP contribution >= 0.6 is 0 Å². The first-order chi connectivity index (χ1) is 27.3. The van der Waals surface area contributed by atoms with Crippen molar-refractivity contribution in [3.8, 4) is 22.3 Å². The molecule has 0 bridgehead atoms. The van der Waals surface area contributed by atoms with Gasteiger partial charge in [0.2, 0.25) is 5.91 Å². The third-order valence-electron chi connectivity index (χ3n) is 10.6. The number of carbonyl (C=O) groups is 2. The molecule has 57 heavy (non-hydrogen) atoms. The summed E-state index contributed by atoms with van der Waals surface area (Å²) in [6.45, 7) is 1.21. The maximum atomic E-state index is 13.9. The van der Waals surface area contributed by atoms with E-state index in [1.807, 2.05) is 67.6 Å². The maximum absolute atomic E-state index is 13.9. The molecule has 0 unspecified atom stereocenters. The van der Waals surface area contributed by atoms with Crippen molar-refractivity contribution in [2.75, 3.05) is 11.9 Å². The average Bonchev–Trinajstić information content (AvgIpc) is 3.70. The summed E-state index contributed by atoms with van der Waals surface area (Å²) in [6, 6.07) is 31.7. The minimum atomic E-state index is -4.55. The Morgan fingerprint density at radius 3 is 1.98 bits per heavy atom. The second-order valence-corrected chi connectivity index (χ2v) is 14.3. The normalized spacial score (nSPS) is 13.3. The summed E-state index contributed by atoms with van der Waals surface area (Å²) in [5.41, 5.74) is 4.18. The van der Waals surface area contributed by atoms with Crippen LogP contribution in [0.2, 0.25) is 0 Å². The molecule has 0 fully saturated rings. The number of fused-ring (bicyclic) bond motifs is 4. The minimum Gasteiger partial charge on any atom is -0.346 e. The van der Waals surface area contributed by atoms with E-state index >= 15 is 0 Å². The number of benzene rings is 5. The number of unbranched alkanes of at least 4 members (excludes halogenated alkanes) is 2. The van der Waals surface area contributed by atoms with Crippen molar-refractivity contribution in [1.82, 2.24) is 14.9 Å². The Labute approximate surface area is 325 Å². The number of amides is 2. The fourth-order valence-corrected chi connectivity index (χ4v) is 8.04. The van der Waals surface area contributed by atoms with E-state index in [1.54, 1.807) is 30.3 Å². The Kier molecular flexibility index (Phi) is 11.0. The lowest BCUT2D eigenvalue weighted by atomic mass is 9.73. The van der Waals surface area contributed by atoms with E-state index in [9.17, 15) is 35.9 Å². The molecular weight excluding hydrogens is 743 g/mol. The van der Waals surface area contributed by atoms with Gasteiger partial charge in [0.05, 0.1) is 16.8 Å². The summed E-state index contributed by atoms with van der Waals surface area (Å²) in [7, 11) is 0. The first-order valence-corrected chi connectivity index (χ1v) is 18.9. The molecule has 0 spiro atoms. The van der Waals surface area contributed by atoms with E-state index in [4.69, 9.17) is 4.98 Å². The van der Waals surface area contributed by atoms with Gasteiger partial charge in [0.25, 0.3) is 5.91 Å². The summed E-state index contributed by atoms with van der Waals surface area (Å²) < 4.78 is 81.7. The molecule has 1 aliphatic carbocycles. The van der Waals surface area contributed by atoms with E-state index < -0.39 is 41.7 Å². The van der Waals surface area contributed by atoms with Crippen molar-refractivity contribution < 1.29 is 35.9 Å². The molecule has 294 valence electrons. The fraction of sp³-hybridized carbons (Fsp3) is 0.267. The van der Waals surface area contributed by atoms with Crippen LogP contribution in [0.3, 0.4) is 0 Å². The quantitative estimate of drug-likeness (QED) is 0.0905.